The third-order valence-corrected chi connectivity index (χ3v) is 4.08. The molecular formula is C21H24N2O5. The normalized spacial score (nSPS) is 10.1. The van der Waals surface area contributed by atoms with Crippen molar-refractivity contribution in [3.63, 3.8) is 0 Å². The molecule has 7 heteroatoms. The first kappa shape index (κ1) is 21.0. The van der Waals surface area contributed by atoms with E-state index in [-0.39, 0.29) is 18.9 Å². The second kappa shape index (κ2) is 10.1. The van der Waals surface area contributed by atoms with Crippen LogP contribution in [0.5, 0.6) is 5.75 Å². The molecule has 0 aliphatic rings. The first-order valence-corrected chi connectivity index (χ1v) is 8.81. The minimum atomic E-state index is -0.556. The van der Waals surface area contributed by atoms with Gasteiger partial charge >= 0.3 is 5.97 Å². The molecule has 0 saturated carbocycles. The fourth-order valence-corrected chi connectivity index (χ4v) is 2.63. The summed E-state index contributed by atoms with van der Waals surface area (Å²) >= 11 is 0. The third kappa shape index (κ3) is 6.12. The van der Waals surface area contributed by atoms with Crippen molar-refractivity contribution in [3.05, 3.63) is 59.2 Å². The predicted octanol–water partition coefficient (Wildman–Crippen LogP) is 2.15. The Bertz CT molecular complexity index is 843. The summed E-state index contributed by atoms with van der Waals surface area (Å²) in [5.41, 5.74) is 3.27. The summed E-state index contributed by atoms with van der Waals surface area (Å²) in [7, 11) is 1.51. The molecule has 0 saturated heterocycles. The molecule has 2 rings (SSSR count). The lowest BCUT2D eigenvalue weighted by Crippen LogP contribution is -2.36. The highest BCUT2D eigenvalue weighted by atomic mass is 16.5. The maximum Gasteiger partial charge on any atom is 0.310 e. The topological polar surface area (TPSA) is 93.7 Å². The van der Waals surface area contributed by atoms with Gasteiger partial charge in [0.25, 0.3) is 5.91 Å². The second-order valence-electron chi connectivity index (χ2n) is 6.24. The van der Waals surface area contributed by atoms with E-state index in [1.807, 2.05) is 32.0 Å². The van der Waals surface area contributed by atoms with Crippen LogP contribution in [0.4, 0.5) is 5.69 Å². The van der Waals surface area contributed by atoms with Crippen molar-refractivity contribution >= 4 is 23.5 Å². The largest absolute Gasteiger partial charge is 0.496 e. The number of methoxy groups -OCH3 is 1. The van der Waals surface area contributed by atoms with E-state index >= 15 is 0 Å². The number of carbonyl (C=O) groups is 3. The van der Waals surface area contributed by atoms with Gasteiger partial charge < -0.3 is 20.1 Å². The summed E-state index contributed by atoms with van der Waals surface area (Å²) in [6, 6.07) is 12.8. The molecule has 0 fully saturated rings. The Kier molecular flexibility index (Phi) is 7.56. The van der Waals surface area contributed by atoms with E-state index < -0.39 is 18.5 Å². The molecule has 2 aromatic rings. The Hall–Kier alpha value is -3.35. The summed E-state index contributed by atoms with van der Waals surface area (Å²) in [6.07, 6.45) is -0.00958. The third-order valence-electron chi connectivity index (χ3n) is 4.08. The number of rotatable bonds is 8. The van der Waals surface area contributed by atoms with Crippen LogP contribution in [0.3, 0.4) is 0 Å². The Morgan fingerprint density at radius 1 is 0.929 bits per heavy atom. The van der Waals surface area contributed by atoms with Crippen molar-refractivity contribution in [1.29, 1.82) is 0 Å². The van der Waals surface area contributed by atoms with Gasteiger partial charge in [0, 0.05) is 11.3 Å². The summed E-state index contributed by atoms with van der Waals surface area (Å²) < 4.78 is 10.1. The van der Waals surface area contributed by atoms with Crippen LogP contribution in [0.1, 0.15) is 16.7 Å². The predicted molar refractivity (Wildman–Crippen MR) is 105 cm³/mol. The van der Waals surface area contributed by atoms with Gasteiger partial charge in [-0.25, -0.2) is 0 Å². The van der Waals surface area contributed by atoms with Crippen LogP contribution >= 0.6 is 0 Å². The Labute approximate surface area is 164 Å². The zero-order chi connectivity index (χ0) is 20.5. The van der Waals surface area contributed by atoms with Crippen LogP contribution in [-0.4, -0.2) is 38.0 Å². The van der Waals surface area contributed by atoms with Gasteiger partial charge in [0.15, 0.2) is 6.61 Å². The average molecular weight is 384 g/mol. The molecule has 0 heterocycles. The van der Waals surface area contributed by atoms with E-state index in [1.165, 1.54) is 7.11 Å². The smallest absolute Gasteiger partial charge is 0.310 e. The van der Waals surface area contributed by atoms with Crippen LogP contribution in [0.2, 0.25) is 0 Å². The quantitative estimate of drug-likeness (QED) is 0.680. The summed E-state index contributed by atoms with van der Waals surface area (Å²) in [6.45, 7) is 3.12. The van der Waals surface area contributed by atoms with E-state index in [1.54, 1.807) is 24.3 Å². The number of benzene rings is 2. The molecule has 0 atom stereocenters. The number of esters is 1. The van der Waals surface area contributed by atoms with Crippen LogP contribution in [0, 0.1) is 13.8 Å². The molecule has 0 bridgehead atoms. The summed E-state index contributed by atoms with van der Waals surface area (Å²) in [4.78, 5) is 35.7. The minimum absolute atomic E-state index is 0.00958. The highest BCUT2D eigenvalue weighted by Crippen LogP contribution is 2.19. The fourth-order valence-electron chi connectivity index (χ4n) is 2.63. The Balaban J connectivity index is 1.75. The first-order chi connectivity index (χ1) is 13.4. The van der Waals surface area contributed by atoms with Crippen molar-refractivity contribution in [3.8, 4) is 5.75 Å². The van der Waals surface area contributed by atoms with Gasteiger partial charge in [0.05, 0.1) is 20.1 Å². The average Bonchev–Trinajstić information content (AvgIpc) is 2.68. The standard InChI is InChI=1S/C21H24N2O5/c1-14-7-6-8-15(2)21(14)23-18(24)12-22-19(25)13-28-20(26)11-16-9-4-5-10-17(16)27-3/h4-10H,11-13H2,1-3H3,(H,22,25)(H,23,24). The number of hydrogen-bond acceptors (Lipinski definition) is 5. The number of amides is 2. The molecule has 148 valence electrons. The van der Waals surface area contributed by atoms with Gasteiger partial charge in [-0.15, -0.1) is 0 Å². The van der Waals surface area contributed by atoms with Gasteiger partial charge in [0.2, 0.25) is 5.91 Å². The van der Waals surface area contributed by atoms with E-state index in [9.17, 15) is 14.4 Å². The van der Waals surface area contributed by atoms with Crippen molar-refractivity contribution < 1.29 is 23.9 Å². The minimum Gasteiger partial charge on any atom is -0.496 e. The van der Waals surface area contributed by atoms with Crippen molar-refractivity contribution in [2.45, 2.75) is 20.3 Å². The van der Waals surface area contributed by atoms with Gasteiger partial charge in [-0.05, 0) is 31.0 Å². The lowest BCUT2D eigenvalue weighted by atomic mass is 10.1. The number of aryl methyl sites for hydroxylation is 2. The number of nitrogens with one attached hydrogen (secondary N) is 2. The van der Waals surface area contributed by atoms with Crippen LogP contribution < -0.4 is 15.4 Å². The van der Waals surface area contributed by atoms with Crippen molar-refractivity contribution in [2.75, 3.05) is 25.6 Å². The fraction of sp³-hybridized carbons (Fsp3) is 0.286. The lowest BCUT2D eigenvalue weighted by molar-refractivity contribution is -0.147. The van der Waals surface area contributed by atoms with Crippen molar-refractivity contribution in [1.82, 2.24) is 5.32 Å². The maximum atomic E-state index is 12.0. The number of hydrogen-bond donors (Lipinski definition) is 2. The van der Waals surface area contributed by atoms with E-state index in [4.69, 9.17) is 9.47 Å². The monoisotopic (exact) mass is 384 g/mol. The highest BCUT2D eigenvalue weighted by molar-refractivity contribution is 5.96. The van der Waals surface area contributed by atoms with Gasteiger partial charge in [-0.3, -0.25) is 14.4 Å². The van der Waals surface area contributed by atoms with Crippen LogP contribution in [-0.2, 0) is 25.5 Å². The molecule has 2 N–H and O–H groups in total. The molecular weight excluding hydrogens is 360 g/mol. The Morgan fingerprint density at radius 2 is 1.61 bits per heavy atom. The number of carbonyl (C=O) groups excluding carboxylic acids is 3. The highest BCUT2D eigenvalue weighted by Gasteiger charge is 2.13. The molecule has 0 spiro atoms. The van der Waals surface area contributed by atoms with E-state index in [0.717, 1.165) is 16.8 Å². The first-order valence-electron chi connectivity index (χ1n) is 8.81. The van der Waals surface area contributed by atoms with Gasteiger partial charge in [-0.2, -0.15) is 0 Å². The molecule has 28 heavy (non-hydrogen) atoms. The number of ether oxygens (including phenoxy) is 2. The van der Waals surface area contributed by atoms with Gasteiger partial charge in [0.1, 0.15) is 5.75 Å². The molecule has 2 amide bonds. The second-order valence-corrected chi connectivity index (χ2v) is 6.24. The number of para-hydroxylation sites is 2. The van der Waals surface area contributed by atoms with E-state index in [0.29, 0.717) is 11.3 Å². The molecule has 0 unspecified atom stereocenters. The van der Waals surface area contributed by atoms with Crippen molar-refractivity contribution in [2.24, 2.45) is 0 Å². The molecule has 0 aliphatic carbocycles. The summed E-state index contributed by atoms with van der Waals surface area (Å²) in [5, 5.41) is 5.20. The molecule has 2 aromatic carbocycles. The molecule has 0 aromatic heterocycles. The van der Waals surface area contributed by atoms with Gasteiger partial charge in [-0.1, -0.05) is 36.4 Å². The molecule has 0 radical (unpaired) electrons. The zero-order valence-corrected chi connectivity index (χ0v) is 16.2. The lowest BCUT2D eigenvalue weighted by Gasteiger charge is -2.12. The zero-order valence-electron chi connectivity index (χ0n) is 16.2. The SMILES string of the molecule is COc1ccccc1CC(=O)OCC(=O)NCC(=O)Nc1c(C)cccc1C. The molecule has 0 aliphatic heterocycles. The van der Waals surface area contributed by atoms with Crippen LogP contribution in [0.25, 0.3) is 0 Å². The molecule has 7 nitrogen and oxygen atoms in total. The Morgan fingerprint density at radius 3 is 2.29 bits per heavy atom. The maximum absolute atomic E-state index is 12.0. The van der Waals surface area contributed by atoms with E-state index in [2.05, 4.69) is 10.6 Å². The number of anilines is 1. The van der Waals surface area contributed by atoms with Crippen LogP contribution in [0.15, 0.2) is 42.5 Å². The summed E-state index contributed by atoms with van der Waals surface area (Å²) in [5.74, 6) is -0.886.